The molecule has 1 unspecified atom stereocenters. The summed E-state index contributed by atoms with van der Waals surface area (Å²) in [6.07, 6.45) is 4.84. The minimum atomic E-state index is -0.303. The summed E-state index contributed by atoms with van der Waals surface area (Å²) in [5.41, 5.74) is -0.303. The molecule has 1 N–H and O–H groups in total. The van der Waals surface area contributed by atoms with Crippen LogP contribution in [0.2, 0.25) is 0 Å². The van der Waals surface area contributed by atoms with Crippen molar-refractivity contribution in [2.45, 2.75) is 38.1 Å². The minimum absolute atomic E-state index is 0.303. The van der Waals surface area contributed by atoms with Crippen molar-refractivity contribution in [3.63, 3.8) is 0 Å². The average Bonchev–Trinajstić information content (AvgIpc) is 3.07. The van der Waals surface area contributed by atoms with Gasteiger partial charge in [-0.1, -0.05) is 13.3 Å². The van der Waals surface area contributed by atoms with E-state index in [-0.39, 0.29) is 5.54 Å². The Labute approximate surface area is 93.5 Å². The molecule has 1 atom stereocenters. The summed E-state index contributed by atoms with van der Waals surface area (Å²) in [7, 11) is 4.02. The number of unbranched alkanes of at least 4 members (excludes halogenated alkanes) is 1. The largest absolute Gasteiger partial charge is 0.303 e. The van der Waals surface area contributed by atoms with E-state index in [0.717, 1.165) is 13.1 Å². The van der Waals surface area contributed by atoms with Crippen LogP contribution in [0.5, 0.6) is 0 Å². The monoisotopic (exact) mass is 209 g/mol. The topological polar surface area (TPSA) is 39.1 Å². The van der Waals surface area contributed by atoms with Crippen LogP contribution in [0.1, 0.15) is 32.6 Å². The summed E-state index contributed by atoms with van der Waals surface area (Å²) in [5.74, 6) is 0.566. The smallest absolute Gasteiger partial charge is 0.122 e. The Balaban J connectivity index is 2.47. The molecule has 0 aromatic carbocycles. The zero-order valence-corrected chi connectivity index (χ0v) is 10.2. The van der Waals surface area contributed by atoms with Gasteiger partial charge in [0, 0.05) is 6.54 Å². The predicted octanol–water partition coefficient (Wildman–Crippen LogP) is 1.61. The molecule has 0 aromatic heterocycles. The van der Waals surface area contributed by atoms with Gasteiger partial charge in [0.15, 0.2) is 0 Å². The van der Waals surface area contributed by atoms with E-state index < -0.39 is 0 Å². The second-order valence-corrected chi connectivity index (χ2v) is 4.70. The highest BCUT2D eigenvalue weighted by Gasteiger charge is 2.45. The third kappa shape index (κ3) is 3.19. The number of nitrogens with one attached hydrogen (secondary N) is 1. The van der Waals surface area contributed by atoms with E-state index in [1.54, 1.807) is 0 Å². The van der Waals surface area contributed by atoms with Gasteiger partial charge in [0.2, 0.25) is 0 Å². The molecule has 1 aliphatic carbocycles. The summed E-state index contributed by atoms with van der Waals surface area (Å²) >= 11 is 0. The van der Waals surface area contributed by atoms with Crippen molar-refractivity contribution >= 4 is 0 Å². The van der Waals surface area contributed by atoms with Gasteiger partial charge in [0.05, 0.1) is 6.07 Å². The Morgan fingerprint density at radius 1 is 1.53 bits per heavy atom. The van der Waals surface area contributed by atoms with E-state index in [1.807, 2.05) is 7.05 Å². The number of nitrogens with zero attached hydrogens (tertiary/aromatic N) is 2. The summed E-state index contributed by atoms with van der Waals surface area (Å²) in [6, 6.07) is 2.48. The molecule has 0 spiro atoms. The molecule has 0 amide bonds. The number of nitriles is 1. The van der Waals surface area contributed by atoms with E-state index in [0.29, 0.717) is 5.92 Å². The molecule has 1 aliphatic rings. The van der Waals surface area contributed by atoms with Gasteiger partial charge in [0.1, 0.15) is 5.54 Å². The Kier molecular flexibility index (Phi) is 4.56. The van der Waals surface area contributed by atoms with Crippen molar-refractivity contribution in [1.29, 1.82) is 5.26 Å². The summed E-state index contributed by atoms with van der Waals surface area (Å²) in [4.78, 5) is 2.28. The fraction of sp³-hybridized carbons (Fsp3) is 0.917. The molecule has 1 fully saturated rings. The van der Waals surface area contributed by atoms with E-state index in [2.05, 4.69) is 30.3 Å². The van der Waals surface area contributed by atoms with Gasteiger partial charge in [-0.25, -0.2) is 0 Å². The van der Waals surface area contributed by atoms with Crippen LogP contribution in [0.4, 0.5) is 0 Å². The van der Waals surface area contributed by atoms with Gasteiger partial charge in [-0.05, 0) is 45.8 Å². The fourth-order valence-electron chi connectivity index (χ4n) is 2.10. The van der Waals surface area contributed by atoms with Crippen molar-refractivity contribution < 1.29 is 0 Å². The number of hydrogen-bond donors (Lipinski definition) is 1. The summed E-state index contributed by atoms with van der Waals surface area (Å²) < 4.78 is 0. The molecule has 0 heterocycles. The zero-order valence-electron chi connectivity index (χ0n) is 10.2. The van der Waals surface area contributed by atoms with Crippen LogP contribution in [0.25, 0.3) is 0 Å². The molecule has 86 valence electrons. The van der Waals surface area contributed by atoms with Crippen molar-refractivity contribution in [2.75, 3.05) is 27.2 Å². The Bertz CT molecular complexity index is 230. The van der Waals surface area contributed by atoms with Gasteiger partial charge < -0.3 is 10.2 Å². The van der Waals surface area contributed by atoms with Crippen LogP contribution in [0.3, 0.4) is 0 Å². The Hall–Kier alpha value is -0.590. The van der Waals surface area contributed by atoms with Gasteiger partial charge >= 0.3 is 0 Å². The third-order valence-corrected chi connectivity index (χ3v) is 3.33. The zero-order chi connectivity index (χ0) is 11.3. The molecule has 0 saturated heterocycles. The molecule has 15 heavy (non-hydrogen) atoms. The predicted molar refractivity (Wildman–Crippen MR) is 62.5 cm³/mol. The van der Waals surface area contributed by atoms with Crippen molar-refractivity contribution in [3.05, 3.63) is 0 Å². The Morgan fingerprint density at radius 2 is 2.20 bits per heavy atom. The van der Waals surface area contributed by atoms with E-state index in [9.17, 15) is 5.26 Å². The Morgan fingerprint density at radius 3 is 2.60 bits per heavy atom. The highest BCUT2D eigenvalue weighted by atomic mass is 15.1. The average molecular weight is 209 g/mol. The van der Waals surface area contributed by atoms with Crippen LogP contribution in [0, 0.1) is 17.2 Å². The molecule has 0 aromatic rings. The SMILES string of the molecule is CCCCN(C)CC(C#N)(NC)C1CC1. The molecule has 0 bridgehead atoms. The van der Waals surface area contributed by atoms with Gasteiger partial charge in [0.25, 0.3) is 0 Å². The first kappa shape index (κ1) is 12.5. The molecular formula is C12H23N3. The van der Waals surface area contributed by atoms with Crippen LogP contribution in [-0.4, -0.2) is 37.6 Å². The van der Waals surface area contributed by atoms with Crippen molar-refractivity contribution in [1.82, 2.24) is 10.2 Å². The number of hydrogen-bond acceptors (Lipinski definition) is 3. The maximum atomic E-state index is 9.32. The number of likely N-dealkylation sites (N-methyl/N-ethyl adjacent to an activating group) is 2. The lowest BCUT2D eigenvalue weighted by atomic mass is 9.94. The normalized spacial score (nSPS) is 19.9. The first-order valence-corrected chi connectivity index (χ1v) is 5.97. The second kappa shape index (κ2) is 5.48. The maximum absolute atomic E-state index is 9.32. The first-order valence-electron chi connectivity index (χ1n) is 5.97. The first-order chi connectivity index (χ1) is 7.18. The quantitative estimate of drug-likeness (QED) is 0.692. The number of rotatable bonds is 7. The molecule has 3 nitrogen and oxygen atoms in total. The van der Waals surface area contributed by atoms with E-state index in [4.69, 9.17) is 0 Å². The minimum Gasteiger partial charge on any atom is -0.303 e. The molecule has 1 rings (SSSR count). The van der Waals surface area contributed by atoms with Gasteiger partial charge in [-0.2, -0.15) is 5.26 Å². The standard InChI is InChI=1S/C12H23N3/c1-4-5-8-15(3)10-12(9-13,14-2)11-6-7-11/h11,14H,4-8,10H2,1-3H3. The lowest BCUT2D eigenvalue weighted by molar-refractivity contribution is 0.234. The molecule has 3 heteroatoms. The lowest BCUT2D eigenvalue weighted by Crippen LogP contribution is -2.52. The third-order valence-electron chi connectivity index (χ3n) is 3.33. The molecule has 0 radical (unpaired) electrons. The maximum Gasteiger partial charge on any atom is 0.122 e. The lowest BCUT2D eigenvalue weighted by Gasteiger charge is -2.31. The van der Waals surface area contributed by atoms with Crippen LogP contribution >= 0.6 is 0 Å². The van der Waals surface area contributed by atoms with Crippen molar-refractivity contribution in [3.8, 4) is 6.07 Å². The fourth-order valence-corrected chi connectivity index (χ4v) is 2.10. The van der Waals surface area contributed by atoms with Crippen LogP contribution in [0.15, 0.2) is 0 Å². The van der Waals surface area contributed by atoms with Gasteiger partial charge in [-0.15, -0.1) is 0 Å². The van der Waals surface area contributed by atoms with Crippen LogP contribution in [-0.2, 0) is 0 Å². The van der Waals surface area contributed by atoms with Crippen LogP contribution < -0.4 is 5.32 Å². The highest BCUT2D eigenvalue weighted by Crippen LogP contribution is 2.39. The highest BCUT2D eigenvalue weighted by molar-refractivity contribution is 5.16. The molecular weight excluding hydrogens is 186 g/mol. The summed E-state index contributed by atoms with van der Waals surface area (Å²) in [5, 5.41) is 12.6. The molecule has 0 aliphatic heterocycles. The van der Waals surface area contributed by atoms with Gasteiger partial charge in [-0.3, -0.25) is 0 Å². The van der Waals surface area contributed by atoms with E-state index in [1.165, 1.54) is 25.7 Å². The molecule has 1 saturated carbocycles. The van der Waals surface area contributed by atoms with Crippen molar-refractivity contribution in [2.24, 2.45) is 5.92 Å². The van der Waals surface area contributed by atoms with E-state index >= 15 is 0 Å². The second-order valence-electron chi connectivity index (χ2n) is 4.70. The summed E-state index contributed by atoms with van der Waals surface area (Å²) in [6.45, 7) is 4.14.